The normalized spacial score (nSPS) is 15.0. The predicted molar refractivity (Wildman–Crippen MR) is 194 cm³/mol. The average Bonchev–Trinajstić information content (AvgIpc) is 3.04. The number of phosphoric acid groups is 1. The summed E-state index contributed by atoms with van der Waals surface area (Å²) in [5.74, 6) is -0.221. The quantitative estimate of drug-likeness (QED) is 0.0311. The zero-order chi connectivity index (χ0) is 34.0. The third kappa shape index (κ3) is 31.1. The number of carbonyl (C=O) groups excluding carboxylic acids is 1. The van der Waals surface area contributed by atoms with Crippen LogP contribution in [0.4, 0.5) is 0 Å². The summed E-state index contributed by atoms with van der Waals surface area (Å²) in [6.07, 6.45) is 38.7. The van der Waals surface area contributed by atoms with Gasteiger partial charge in [0.25, 0.3) is 0 Å². The fourth-order valence-electron chi connectivity index (χ4n) is 4.81. The van der Waals surface area contributed by atoms with Crippen molar-refractivity contribution in [2.24, 2.45) is 5.73 Å². The zero-order valence-corrected chi connectivity index (χ0v) is 30.2. The summed E-state index contributed by atoms with van der Waals surface area (Å²) >= 11 is 0. The summed E-state index contributed by atoms with van der Waals surface area (Å²) in [5, 5.41) is 13.5. The van der Waals surface area contributed by atoms with Gasteiger partial charge in [-0.3, -0.25) is 13.8 Å². The predicted octanol–water partition coefficient (Wildman–Crippen LogP) is 9.38. The lowest BCUT2D eigenvalue weighted by Gasteiger charge is -2.23. The Labute approximate surface area is 282 Å². The van der Waals surface area contributed by atoms with Crippen molar-refractivity contribution in [3.63, 3.8) is 0 Å². The molecule has 3 atom stereocenters. The minimum absolute atomic E-state index is 0.0689. The molecule has 0 spiro atoms. The first kappa shape index (κ1) is 44.5. The van der Waals surface area contributed by atoms with Crippen LogP contribution in [-0.4, -0.2) is 47.8 Å². The SMILES string of the molecule is CCC/C=C/CC/C=C/CC/C=C/C(O)C(COP(=O)(O)OCCN)NC(=O)CCCCCCC/C=C\CCCCCCCCC. The highest BCUT2D eigenvalue weighted by molar-refractivity contribution is 7.47. The third-order valence-electron chi connectivity index (χ3n) is 7.59. The highest BCUT2D eigenvalue weighted by Crippen LogP contribution is 2.43. The smallest absolute Gasteiger partial charge is 0.387 e. The first-order chi connectivity index (χ1) is 22.4. The van der Waals surface area contributed by atoms with Crippen molar-refractivity contribution < 1.29 is 28.4 Å². The number of unbranched alkanes of at least 4 members (excludes halogenated alkanes) is 15. The molecular weight excluding hydrogens is 599 g/mol. The van der Waals surface area contributed by atoms with Crippen LogP contribution in [0.25, 0.3) is 0 Å². The highest BCUT2D eigenvalue weighted by atomic mass is 31.2. The van der Waals surface area contributed by atoms with Crippen LogP contribution in [0, 0.1) is 0 Å². The van der Waals surface area contributed by atoms with E-state index in [1.165, 1.54) is 57.8 Å². The maximum Gasteiger partial charge on any atom is 0.472 e. The average molecular weight is 669 g/mol. The number of rotatable bonds is 33. The maximum absolute atomic E-state index is 12.7. The summed E-state index contributed by atoms with van der Waals surface area (Å²) in [6.45, 7) is 3.99. The number of allylic oxidation sites excluding steroid dienone is 7. The molecule has 0 saturated heterocycles. The second-order valence-electron chi connectivity index (χ2n) is 12.1. The van der Waals surface area contributed by atoms with Gasteiger partial charge in [0, 0.05) is 13.0 Å². The lowest BCUT2D eigenvalue weighted by atomic mass is 10.1. The minimum atomic E-state index is -4.34. The van der Waals surface area contributed by atoms with E-state index in [4.69, 9.17) is 14.8 Å². The molecule has 46 heavy (non-hydrogen) atoms. The van der Waals surface area contributed by atoms with Gasteiger partial charge in [-0.15, -0.1) is 0 Å². The third-order valence-corrected chi connectivity index (χ3v) is 8.57. The molecule has 9 heteroatoms. The number of amides is 1. The van der Waals surface area contributed by atoms with Crippen molar-refractivity contribution in [1.29, 1.82) is 0 Å². The Hall–Kier alpha value is -1.54. The molecule has 0 fully saturated rings. The first-order valence-corrected chi connectivity index (χ1v) is 19.8. The molecule has 0 aromatic rings. The molecule has 0 bridgehead atoms. The fraction of sp³-hybridized carbons (Fsp3) is 0.757. The summed E-state index contributed by atoms with van der Waals surface area (Å²) in [4.78, 5) is 22.5. The summed E-state index contributed by atoms with van der Waals surface area (Å²) in [5.41, 5.74) is 5.34. The molecule has 0 heterocycles. The van der Waals surface area contributed by atoms with Crippen LogP contribution >= 0.6 is 7.82 Å². The van der Waals surface area contributed by atoms with E-state index < -0.39 is 20.0 Å². The molecule has 0 aliphatic heterocycles. The van der Waals surface area contributed by atoms with Crippen LogP contribution in [0.5, 0.6) is 0 Å². The molecule has 0 rings (SSSR count). The molecule has 1 amide bonds. The van der Waals surface area contributed by atoms with Crippen LogP contribution in [0.1, 0.15) is 149 Å². The zero-order valence-electron chi connectivity index (χ0n) is 29.3. The van der Waals surface area contributed by atoms with Crippen LogP contribution in [0.3, 0.4) is 0 Å². The highest BCUT2D eigenvalue weighted by Gasteiger charge is 2.26. The molecule has 0 aromatic heterocycles. The lowest BCUT2D eigenvalue weighted by Crippen LogP contribution is -2.45. The minimum Gasteiger partial charge on any atom is -0.387 e. The van der Waals surface area contributed by atoms with Gasteiger partial charge in [-0.1, -0.05) is 127 Å². The number of aliphatic hydroxyl groups is 1. The lowest BCUT2D eigenvalue weighted by molar-refractivity contribution is -0.123. The van der Waals surface area contributed by atoms with Gasteiger partial charge in [-0.25, -0.2) is 4.57 Å². The van der Waals surface area contributed by atoms with Gasteiger partial charge in [-0.2, -0.15) is 0 Å². The topological polar surface area (TPSA) is 131 Å². The Kier molecular flexibility index (Phi) is 32.2. The van der Waals surface area contributed by atoms with E-state index in [9.17, 15) is 19.4 Å². The van der Waals surface area contributed by atoms with Gasteiger partial charge in [0.15, 0.2) is 0 Å². The Morgan fingerprint density at radius 3 is 1.76 bits per heavy atom. The molecule has 3 unspecified atom stereocenters. The first-order valence-electron chi connectivity index (χ1n) is 18.3. The molecule has 0 aliphatic rings. The van der Waals surface area contributed by atoms with Crippen molar-refractivity contribution in [2.45, 2.75) is 161 Å². The number of aliphatic hydroxyl groups excluding tert-OH is 1. The van der Waals surface area contributed by atoms with Gasteiger partial charge in [0.2, 0.25) is 5.91 Å². The Morgan fingerprint density at radius 1 is 0.696 bits per heavy atom. The van der Waals surface area contributed by atoms with Crippen molar-refractivity contribution >= 4 is 13.7 Å². The monoisotopic (exact) mass is 668 g/mol. The second kappa shape index (κ2) is 33.4. The van der Waals surface area contributed by atoms with E-state index in [0.717, 1.165) is 70.6 Å². The van der Waals surface area contributed by atoms with Crippen LogP contribution in [-0.2, 0) is 18.4 Å². The summed E-state index contributed by atoms with van der Waals surface area (Å²) in [6, 6.07) is -0.885. The van der Waals surface area contributed by atoms with Crippen LogP contribution in [0.2, 0.25) is 0 Å². The van der Waals surface area contributed by atoms with Crippen molar-refractivity contribution in [2.75, 3.05) is 19.8 Å². The van der Waals surface area contributed by atoms with Crippen LogP contribution in [0.15, 0.2) is 48.6 Å². The van der Waals surface area contributed by atoms with E-state index in [0.29, 0.717) is 6.42 Å². The van der Waals surface area contributed by atoms with E-state index in [1.807, 2.05) is 6.08 Å². The Balaban J connectivity index is 4.38. The number of carbonyl (C=O) groups is 1. The fourth-order valence-corrected chi connectivity index (χ4v) is 5.57. The molecular formula is C37H69N2O6P. The van der Waals surface area contributed by atoms with Crippen molar-refractivity contribution in [3.8, 4) is 0 Å². The van der Waals surface area contributed by atoms with E-state index in [1.54, 1.807) is 6.08 Å². The number of hydrogen-bond donors (Lipinski definition) is 4. The molecule has 268 valence electrons. The Morgan fingerprint density at radius 2 is 1.20 bits per heavy atom. The van der Waals surface area contributed by atoms with Gasteiger partial charge >= 0.3 is 7.82 Å². The van der Waals surface area contributed by atoms with Crippen molar-refractivity contribution in [3.05, 3.63) is 48.6 Å². The van der Waals surface area contributed by atoms with E-state index in [-0.39, 0.29) is 25.7 Å². The van der Waals surface area contributed by atoms with Crippen molar-refractivity contribution in [1.82, 2.24) is 5.32 Å². The molecule has 0 aliphatic carbocycles. The van der Waals surface area contributed by atoms with Gasteiger partial charge in [-0.05, 0) is 64.2 Å². The number of phosphoric ester groups is 1. The molecule has 0 radical (unpaired) electrons. The maximum atomic E-state index is 12.7. The Bertz CT molecular complexity index is 861. The standard InChI is InChI=1S/C37H69N2O6P/c1-3-5-7-9-11-13-15-16-17-18-19-21-23-25-27-29-31-37(41)39-35(34-45-46(42,43)44-33-32-38)36(40)30-28-26-24-22-20-14-12-10-8-6-4-2/h8,10,17-18,20,22,28,30,35-36,40H,3-7,9,11-16,19,21,23-27,29,31-34,38H2,1-2H3,(H,39,41)(H,42,43)/b10-8+,18-17-,22-20+,30-28+. The van der Waals surface area contributed by atoms with Gasteiger partial charge in [0.05, 0.1) is 25.4 Å². The molecule has 5 N–H and O–H groups in total. The number of nitrogens with one attached hydrogen (secondary N) is 1. The van der Waals surface area contributed by atoms with Crippen LogP contribution < -0.4 is 11.1 Å². The molecule has 0 saturated carbocycles. The van der Waals surface area contributed by atoms with E-state index in [2.05, 4.69) is 55.6 Å². The largest absolute Gasteiger partial charge is 0.472 e. The molecule has 8 nitrogen and oxygen atoms in total. The number of hydrogen-bond acceptors (Lipinski definition) is 6. The summed E-state index contributed by atoms with van der Waals surface area (Å²) in [7, 11) is -4.34. The van der Waals surface area contributed by atoms with Gasteiger partial charge < -0.3 is 21.1 Å². The van der Waals surface area contributed by atoms with E-state index >= 15 is 0 Å². The van der Waals surface area contributed by atoms with Gasteiger partial charge in [0.1, 0.15) is 0 Å². The number of nitrogens with two attached hydrogens (primary N) is 1. The summed E-state index contributed by atoms with van der Waals surface area (Å²) < 4.78 is 22.0. The molecule has 0 aromatic carbocycles. The second-order valence-corrected chi connectivity index (χ2v) is 13.5.